The average Bonchev–Trinajstić information content (AvgIpc) is 2.89. The third-order valence-corrected chi connectivity index (χ3v) is 3.82. The number of carbonyl (C=O) groups is 1. The molecule has 0 aliphatic carbocycles. The van der Waals surface area contributed by atoms with E-state index in [9.17, 15) is 4.79 Å². The molecule has 0 aliphatic heterocycles. The van der Waals surface area contributed by atoms with Gasteiger partial charge in [0, 0.05) is 0 Å². The average molecular weight is 311 g/mol. The molecule has 3 rings (SSSR count). The van der Waals surface area contributed by atoms with Crippen LogP contribution in [0.4, 0.5) is 0 Å². The maximum absolute atomic E-state index is 12.4. The number of nitrogens with zero attached hydrogens (tertiary/aromatic N) is 1. The van der Waals surface area contributed by atoms with Gasteiger partial charge in [-0.05, 0) is 36.8 Å². The second-order valence-corrected chi connectivity index (χ2v) is 5.28. The Morgan fingerprint density at radius 2 is 1.87 bits per heavy atom. The highest BCUT2D eigenvalue weighted by Crippen LogP contribution is 2.27. The number of carbonyl (C=O) groups excluding carboxylic acids is 1. The van der Waals surface area contributed by atoms with E-state index in [1.54, 1.807) is 13.0 Å². The molecule has 0 bridgehead atoms. The maximum Gasteiger partial charge on any atom is 0.342 e. The Kier molecular flexibility index (Phi) is 4.02. The Balaban J connectivity index is 1.88. The van der Waals surface area contributed by atoms with E-state index in [1.807, 2.05) is 37.3 Å². The summed E-state index contributed by atoms with van der Waals surface area (Å²) in [5.41, 5.74) is 1.91. The van der Waals surface area contributed by atoms with Gasteiger partial charge in [-0.2, -0.15) is 0 Å². The fraction of sp³-hybridized carbons (Fsp3) is 0.222. The van der Waals surface area contributed by atoms with Crippen LogP contribution in [0.2, 0.25) is 0 Å². The van der Waals surface area contributed by atoms with Crippen molar-refractivity contribution in [3.05, 3.63) is 59.0 Å². The summed E-state index contributed by atoms with van der Waals surface area (Å²) in [6, 6.07) is 11.4. The Morgan fingerprint density at radius 3 is 2.48 bits per heavy atom. The van der Waals surface area contributed by atoms with E-state index >= 15 is 0 Å². The van der Waals surface area contributed by atoms with Crippen molar-refractivity contribution in [2.75, 3.05) is 7.11 Å². The SMILES string of the molecule is COc1cc2ccccc2cc1C(=O)OCc1c(C)noc1C. The number of aromatic nitrogens is 1. The molecule has 0 aliphatic rings. The largest absolute Gasteiger partial charge is 0.496 e. The van der Waals surface area contributed by atoms with Crippen LogP contribution < -0.4 is 4.74 Å². The molecule has 3 aromatic rings. The second kappa shape index (κ2) is 6.12. The molecule has 1 heterocycles. The molecular weight excluding hydrogens is 294 g/mol. The molecule has 2 aromatic carbocycles. The summed E-state index contributed by atoms with van der Waals surface area (Å²) < 4.78 is 15.8. The molecule has 0 saturated heterocycles. The van der Waals surface area contributed by atoms with Crippen molar-refractivity contribution in [3.63, 3.8) is 0 Å². The highest BCUT2D eigenvalue weighted by molar-refractivity contribution is 5.98. The predicted molar refractivity (Wildman–Crippen MR) is 85.6 cm³/mol. The van der Waals surface area contributed by atoms with Crippen molar-refractivity contribution >= 4 is 16.7 Å². The van der Waals surface area contributed by atoms with E-state index in [1.165, 1.54) is 7.11 Å². The lowest BCUT2D eigenvalue weighted by Crippen LogP contribution is -2.08. The zero-order valence-electron chi connectivity index (χ0n) is 13.3. The minimum absolute atomic E-state index is 0.121. The summed E-state index contributed by atoms with van der Waals surface area (Å²) in [6.45, 7) is 3.73. The lowest BCUT2D eigenvalue weighted by atomic mass is 10.1. The van der Waals surface area contributed by atoms with Gasteiger partial charge >= 0.3 is 5.97 Å². The third kappa shape index (κ3) is 2.90. The van der Waals surface area contributed by atoms with Crippen molar-refractivity contribution in [1.82, 2.24) is 5.16 Å². The first kappa shape index (κ1) is 15.1. The molecule has 0 atom stereocenters. The molecule has 0 N–H and O–H groups in total. The molecule has 0 amide bonds. The van der Waals surface area contributed by atoms with Crippen LogP contribution in [0.5, 0.6) is 5.75 Å². The summed E-state index contributed by atoms with van der Waals surface area (Å²) in [7, 11) is 1.54. The smallest absolute Gasteiger partial charge is 0.342 e. The normalized spacial score (nSPS) is 10.7. The van der Waals surface area contributed by atoms with E-state index in [4.69, 9.17) is 14.0 Å². The molecule has 0 spiro atoms. The van der Waals surface area contributed by atoms with Crippen molar-refractivity contribution < 1.29 is 18.8 Å². The van der Waals surface area contributed by atoms with Gasteiger partial charge in [0.05, 0.1) is 18.4 Å². The summed E-state index contributed by atoms with van der Waals surface area (Å²) in [5, 5.41) is 5.81. The molecule has 0 unspecified atom stereocenters. The number of rotatable bonds is 4. The first-order valence-electron chi connectivity index (χ1n) is 7.26. The molecular formula is C18H17NO4. The van der Waals surface area contributed by atoms with Crippen LogP contribution in [0.1, 0.15) is 27.4 Å². The second-order valence-electron chi connectivity index (χ2n) is 5.28. The fourth-order valence-electron chi connectivity index (χ4n) is 2.47. The van der Waals surface area contributed by atoms with Crippen molar-refractivity contribution in [2.24, 2.45) is 0 Å². The maximum atomic E-state index is 12.4. The number of hydrogen-bond acceptors (Lipinski definition) is 5. The standard InChI is InChI=1S/C18H17NO4/c1-11-16(12(2)23-19-11)10-22-18(20)15-8-13-6-4-5-7-14(13)9-17(15)21-3/h4-9H,10H2,1-3H3. The molecule has 118 valence electrons. The number of fused-ring (bicyclic) bond motifs is 1. The number of esters is 1. The van der Waals surface area contributed by atoms with Gasteiger partial charge in [-0.25, -0.2) is 4.79 Å². The first-order valence-corrected chi connectivity index (χ1v) is 7.26. The highest BCUT2D eigenvalue weighted by Gasteiger charge is 2.17. The number of aryl methyl sites for hydroxylation is 2. The van der Waals surface area contributed by atoms with Gasteiger partial charge in [0.2, 0.25) is 0 Å². The minimum atomic E-state index is -0.437. The van der Waals surface area contributed by atoms with Crippen LogP contribution in [-0.4, -0.2) is 18.2 Å². The van der Waals surface area contributed by atoms with E-state index in [0.29, 0.717) is 17.1 Å². The topological polar surface area (TPSA) is 61.6 Å². The van der Waals surface area contributed by atoms with Gasteiger partial charge in [0.1, 0.15) is 23.7 Å². The van der Waals surface area contributed by atoms with Crippen LogP contribution in [0.25, 0.3) is 10.8 Å². The molecule has 5 nitrogen and oxygen atoms in total. The number of hydrogen-bond donors (Lipinski definition) is 0. The van der Waals surface area contributed by atoms with Gasteiger partial charge in [0.15, 0.2) is 0 Å². The molecule has 0 radical (unpaired) electrons. The molecule has 5 heteroatoms. The van der Waals surface area contributed by atoms with E-state index in [2.05, 4.69) is 5.16 Å². The third-order valence-electron chi connectivity index (χ3n) is 3.82. The quantitative estimate of drug-likeness (QED) is 0.686. The Bertz CT molecular complexity index is 847. The predicted octanol–water partition coefficient (Wildman–Crippen LogP) is 3.81. The lowest BCUT2D eigenvalue weighted by Gasteiger charge is -2.10. The van der Waals surface area contributed by atoms with Gasteiger partial charge in [0.25, 0.3) is 0 Å². The van der Waals surface area contributed by atoms with Crippen molar-refractivity contribution in [1.29, 1.82) is 0 Å². The first-order chi connectivity index (χ1) is 11.1. The Morgan fingerprint density at radius 1 is 1.17 bits per heavy atom. The monoisotopic (exact) mass is 311 g/mol. The van der Waals surface area contributed by atoms with Crippen LogP contribution in [-0.2, 0) is 11.3 Å². The molecule has 23 heavy (non-hydrogen) atoms. The van der Waals surface area contributed by atoms with Gasteiger partial charge in [-0.3, -0.25) is 0 Å². The van der Waals surface area contributed by atoms with Gasteiger partial charge in [-0.1, -0.05) is 29.4 Å². The summed E-state index contributed by atoms with van der Waals surface area (Å²) in [6.07, 6.45) is 0. The van der Waals surface area contributed by atoms with Crippen LogP contribution >= 0.6 is 0 Å². The number of methoxy groups -OCH3 is 1. The van der Waals surface area contributed by atoms with Gasteiger partial charge in [-0.15, -0.1) is 0 Å². The van der Waals surface area contributed by atoms with E-state index in [-0.39, 0.29) is 6.61 Å². The van der Waals surface area contributed by atoms with Gasteiger partial charge < -0.3 is 14.0 Å². The van der Waals surface area contributed by atoms with Crippen molar-refractivity contribution in [2.45, 2.75) is 20.5 Å². The summed E-state index contributed by atoms with van der Waals surface area (Å²) in [5.74, 6) is 0.709. The Labute approximate surface area is 133 Å². The molecule has 0 fully saturated rings. The van der Waals surface area contributed by atoms with Crippen LogP contribution in [0, 0.1) is 13.8 Å². The molecule has 0 saturated carbocycles. The fourth-order valence-corrected chi connectivity index (χ4v) is 2.47. The Hall–Kier alpha value is -2.82. The molecule has 1 aromatic heterocycles. The van der Waals surface area contributed by atoms with E-state index < -0.39 is 5.97 Å². The number of benzene rings is 2. The minimum Gasteiger partial charge on any atom is -0.496 e. The van der Waals surface area contributed by atoms with Crippen LogP contribution in [0.15, 0.2) is 40.9 Å². The van der Waals surface area contributed by atoms with Crippen LogP contribution in [0.3, 0.4) is 0 Å². The lowest BCUT2D eigenvalue weighted by molar-refractivity contribution is 0.0467. The van der Waals surface area contributed by atoms with Crippen molar-refractivity contribution in [3.8, 4) is 5.75 Å². The zero-order chi connectivity index (χ0) is 16.4. The zero-order valence-corrected chi connectivity index (χ0v) is 13.3. The summed E-state index contributed by atoms with van der Waals surface area (Å²) in [4.78, 5) is 12.4. The van der Waals surface area contributed by atoms with E-state index in [0.717, 1.165) is 22.0 Å². The summed E-state index contributed by atoms with van der Waals surface area (Å²) >= 11 is 0. The highest BCUT2D eigenvalue weighted by atomic mass is 16.5. The number of ether oxygens (including phenoxy) is 2.